The van der Waals surface area contributed by atoms with E-state index < -0.39 is 28.5 Å². The number of carbonyl (C=O) groups excluding carboxylic acids is 2. The van der Waals surface area contributed by atoms with Gasteiger partial charge < -0.3 is 10.2 Å². The summed E-state index contributed by atoms with van der Waals surface area (Å²) in [5.74, 6) is -0.756. The minimum Gasteiger partial charge on any atom is -0.352 e. The molecule has 0 fully saturated rings. The van der Waals surface area contributed by atoms with E-state index in [0.717, 1.165) is 32.5 Å². The predicted octanol–water partition coefficient (Wildman–Crippen LogP) is 3.86. The van der Waals surface area contributed by atoms with Gasteiger partial charge in [-0.3, -0.25) is 13.9 Å². The van der Waals surface area contributed by atoms with Gasteiger partial charge in [0.2, 0.25) is 21.8 Å². The van der Waals surface area contributed by atoms with Crippen LogP contribution < -0.4 is 9.62 Å². The number of carbonyl (C=O) groups is 2. The van der Waals surface area contributed by atoms with E-state index in [2.05, 4.69) is 5.32 Å². The predicted molar refractivity (Wildman–Crippen MR) is 141 cm³/mol. The third kappa shape index (κ3) is 6.60. The van der Waals surface area contributed by atoms with Crippen LogP contribution in [0.4, 0.5) is 5.69 Å². The molecule has 0 aromatic heterocycles. The van der Waals surface area contributed by atoms with Gasteiger partial charge in [-0.2, -0.15) is 0 Å². The molecular formula is C27H33N3O4S. The number of sulfonamides is 1. The molecule has 3 rings (SSSR count). The molecule has 0 saturated carbocycles. The second kappa shape index (κ2) is 10.9. The lowest BCUT2D eigenvalue weighted by molar-refractivity contribution is -0.139. The van der Waals surface area contributed by atoms with Crippen LogP contribution in [0.3, 0.4) is 0 Å². The van der Waals surface area contributed by atoms with Crippen molar-refractivity contribution in [1.29, 1.82) is 0 Å². The molecule has 0 heterocycles. The molecule has 1 atom stereocenters. The van der Waals surface area contributed by atoms with E-state index in [1.165, 1.54) is 4.90 Å². The molecule has 0 radical (unpaired) electrons. The fourth-order valence-corrected chi connectivity index (χ4v) is 4.88. The van der Waals surface area contributed by atoms with Crippen LogP contribution in [0.25, 0.3) is 10.8 Å². The van der Waals surface area contributed by atoms with Crippen molar-refractivity contribution < 1.29 is 18.0 Å². The molecule has 3 aromatic carbocycles. The van der Waals surface area contributed by atoms with Crippen LogP contribution in [0.5, 0.6) is 0 Å². The molecule has 0 aliphatic carbocycles. The number of benzene rings is 3. The minimum absolute atomic E-state index is 0.0935. The standard InChI is InChI=1S/C27H33N3O4S/c1-19(2)28-27(32)21(4)29(17-22-11-8-10-20(3)16-22)26(31)18-30(35(5,33)34)25-15-9-13-23-12-6-7-14-24(23)25/h6-16,19,21H,17-18H2,1-5H3,(H,28,32)/t21-/m1/s1. The molecule has 7 nitrogen and oxygen atoms in total. The number of nitrogens with one attached hydrogen (secondary N) is 1. The summed E-state index contributed by atoms with van der Waals surface area (Å²) in [6, 6.07) is 19.6. The van der Waals surface area contributed by atoms with E-state index in [9.17, 15) is 18.0 Å². The highest BCUT2D eigenvalue weighted by Gasteiger charge is 2.30. The lowest BCUT2D eigenvalue weighted by Crippen LogP contribution is -2.52. The van der Waals surface area contributed by atoms with Crippen LogP contribution in [-0.2, 0) is 26.2 Å². The highest BCUT2D eigenvalue weighted by Crippen LogP contribution is 2.28. The first kappa shape index (κ1) is 26.2. The Bertz CT molecular complexity index is 1320. The van der Waals surface area contributed by atoms with Gasteiger partial charge in [-0.15, -0.1) is 0 Å². The van der Waals surface area contributed by atoms with Gasteiger partial charge in [0.15, 0.2) is 0 Å². The number of hydrogen-bond acceptors (Lipinski definition) is 4. The number of nitrogens with zero attached hydrogens (tertiary/aromatic N) is 2. The van der Waals surface area contributed by atoms with Gasteiger partial charge in [0.1, 0.15) is 12.6 Å². The summed E-state index contributed by atoms with van der Waals surface area (Å²) < 4.78 is 26.8. The Kier molecular flexibility index (Phi) is 8.17. The molecule has 35 heavy (non-hydrogen) atoms. The molecule has 0 aliphatic heterocycles. The van der Waals surface area contributed by atoms with Crippen LogP contribution in [0.15, 0.2) is 66.7 Å². The Balaban J connectivity index is 2.00. The highest BCUT2D eigenvalue weighted by atomic mass is 32.2. The molecule has 0 bridgehead atoms. The summed E-state index contributed by atoms with van der Waals surface area (Å²) in [6.45, 7) is 7.08. The van der Waals surface area contributed by atoms with E-state index in [1.807, 2.05) is 75.4 Å². The zero-order chi connectivity index (χ0) is 25.8. The van der Waals surface area contributed by atoms with Crippen LogP contribution in [-0.4, -0.2) is 50.0 Å². The molecule has 1 N–H and O–H groups in total. The topological polar surface area (TPSA) is 86.8 Å². The zero-order valence-corrected chi connectivity index (χ0v) is 21.7. The SMILES string of the molecule is Cc1cccc(CN(C(=O)CN(c2cccc3ccccc23)S(C)(=O)=O)[C@H](C)C(=O)NC(C)C)c1. The fraction of sp³-hybridized carbons (Fsp3) is 0.333. The van der Waals surface area contributed by atoms with E-state index in [-0.39, 0.29) is 18.5 Å². The van der Waals surface area contributed by atoms with Gasteiger partial charge >= 0.3 is 0 Å². The minimum atomic E-state index is -3.80. The van der Waals surface area contributed by atoms with Crippen molar-refractivity contribution in [2.24, 2.45) is 0 Å². The molecule has 0 aliphatic rings. The number of anilines is 1. The first-order valence-corrected chi connectivity index (χ1v) is 13.4. The van der Waals surface area contributed by atoms with Crippen molar-refractivity contribution >= 4 is 38.3 Å². The van der Waals surface area contributed by atoms with Crippen molar-refractivity contribution in [2.75, 3.05) is 17.1 Å². The van der Waals surface area contributed by atoms with E-state index in [0.29, 0.717) is 5.69 Å². The summed E-state index contributed by atoms with van der Waals surface area (Å²) in [5, 5.41) is 4.44. The average Bonchev–Trinajstić information content (AvgIpc) is 2.79. The van der Waals surface area contributed by atoms with Crippen LogP contribution >= 0.6 is 0 Å². The second-order valence-corrected chi connectivity index (χ2v) is 11.0. The van der Waals surface area contributed by atoms with Gasteiger partial charge in [0, 0.05) is 18.0 Å². The summed E-state index contributed by atoms with van der Waals surface area (Å²) in [6.07, 6.45) is 1.09. The molecule has 0 saturated heterocycles. The fourth-order valence-electron chi connectivity index (χ4n) is 4.02. The van der Waals surface area contributed by atoms with Gasteiger partial charge in [-0.25, -0.2) is 8.42 Å². The van der Waals surface area contributed by atoms with Crippen molar-refractivity contribution in [2.45, 2.75) is 46.3 Å². The quantitative estimate of drug-likeness (QED) is 0.488. The molecule has 0 spiro atoms. The van der Waals surface area contributed by atoms with Crippen LogP contribution in [0.1, 0.15) is 31.9 Å². The molecule has 3 aromatic rings. The van der Waals surface area contributed by atoms with Crippen LogP contribution in [0.2, 0.25) is 0 Å². The smallest absolute Gasteiger partial charge is 0.244 e. The summed E-state index contributed by atoms with van der Waals surface area (Å²) in [5.41, 5.74) is 2.31. The summed E-state index contributed by atoms with van der Waals surface area (Å²) in [7, 11) is -3.80. The molecule has 186 valence electrons. The maximum atomic E-state index is 13.7. The zero-order valence-electron chi connectivity index (χ0n) is 20.9. The van der Waals surface area contributed by atoms with Gasteiger partial charge in [0.25, 0.3) is 0 Å². The first-order chi connectivity index (χ1) is 16.5. The Hall–Kier alpha value is -3.39. The highest BCUT2D eigenvalue weighted by molar-refractivity contribution is 7.92. The molecule has 2 amide bonds. The maximum Gasteiger partial charge on any atom is 0.244 e. The summed E-state index contributed by atoms with van der Waals surface area (Å²) >= 11 is 0. The van der Waals surface area contributed by atoms with E-state index >= 15 is 0 Å². The normalized spacial score (nSPS) is 12.4. The largest absolute Gasteiger partial charge is 0.352 e. The first-order valence-electron chi connectivity index (χ1n) is 11.6. The number of aryl methyl sites for hydroxylation is 1. The van der Waals surface area contributed by atoms with E-state index in [4.69, 9.17) is 0 Å². The monoisotopic (exact) mass is 495 g/mol. The van der Waals surface area contributed by atoms with Crippen molar-refractivity contribution in [1.82, 2.24) is 10.2 Å². The average molecular weight is 496 g/mol. The summed E-state index contributed by atoms with van der Waals surface area (Å²) in [4.78, 5) is 28.0. The van der Waals surface area contributed by atoms with Gasteiger partial charge in [0.05, 0.1) is 11.9 Å². The Morgan fingerprint density at radius 2 is 1.60 bits per heavy atom. The Morgan fingerprint density at radius 3 is 2.26 bits per heavy atom. The maximum absolute atomic E-state index is 13.7. The molecular weight excluding hydrogens is 462 g/mol. The van der Waals surface area contributed by atoms with Crippen molar-refractivity contribution in [3.05, 3.63) is 77.9 Å². The third-order valence-electron chi connectivity index (χ3n) is 5.75. The molecule has 0 unspecified atom stereocenters. The Morgan fingerprint density at radius 1 is 0.943 bits per heavy atom. The van der Waals surface area contributed by atoms with Gasteiger partial charge in [-0.1, -0.05) is 66.2 Å². The van der Waals surface area contributed by atoms with E-state index in [1.54, 1.807) is 19.1 Å². The van der Waals surface area contributed by atoms with Gasteiger partial charge in [-0.05, 0) is 44.7 Å². The Labute approximate surface area is 207 Å². The lowest BCUT2D eigenvalue weighted by Gasteiger charge is -2.32. The third-order valence-corrected chi connectivity index (χ3v) is 6.87. The number of fused-ring (bicyclic) bond motifs is 1. The van der Waals surface area contributed by atoms with Crippen LogP contribution in [0, 0.1) is 6.92 Å². The number of hydrogen-bond donors (Lipinski definition) is 1. The molecule has 8 heteroatoms. The second-order valence-electron chi connectivity index (χ2n) is 9.12. The lowest BCUT2D eigenvalue weighted by atomic mass is 10.1. The number of amides is 2. The van der Waals surface area contributed by atoms with Crippen molar-refractivity contribution in [3.8, 4) is 0 Å². The van der Waals surface area contributed by atoms with Crippen molar-refractivity contribution in [3.63, 3.8) is 0 Å². The number of rotatable bonds is 9.